The van der Waals surface area contributed by atoms with E-state index in [-0.39, 0.29) is 5.41 Å². The van der Waals surface area contributed by atoms with Crippen molar-refractivity contribution in [3.8, 4) is 11.2 Å². The molecule has 0 saturated carbocycles. The first-order valence-electron chi connectivity index (χ1n) is 6.38. The van der Waals surface area contributed by atoms with Crippen molar-refractivity contribution in [2.24, 2.45) is 0 Å². The van der Waals surface area contributed by atoms with Crippen molar-refractivity contribution in [3.63, 3.8) is 0 Å². The molecule has 0 aliphatic heterocycles. The summed E-state index contributed by atoms with van der Waals surface area (Å²) in [4.78, 5) is 16.3. The fraction of sp³-hybridized carbons (Fsp3) is 0.333. The number of hydrogen-bond donors (Lipinski definition) is 1. The lowest BCUT2D eigenvalue weighted by Crippen LogP contribution is -2.11. The minimum Gasteiger partial charge on any atom is -0.365 e. The molecule has 0 aliphatic carbocycles. The van der Waals surface area contributed by atoms with Gasteiger partial charge in [-0.2, -0.15) is 0 Å². The number of carbonyl (C=O) groups is 1. The normalized spacial score (nSPS) is 10.0. The number of thiazole rings is 1. The smallest absolute Gasteiger partial charge is 0.182 e. The second kappa shape index (κ2) is 9.55. The van der Waals surface area contributed by atoms with Gasteiger partial charge in [0, 0.05) is 39.0 Å². The quantitative estimate of drug-likeness (QED) is 0.366. The zero-order valence-corrected chi connectivity index (χ0v) is 17.4. The predicted octanol–water partition coefficient (Wildman–Crippen LogP) is 5.44. The standard InChI is InChI=1S/C8H14N2S.C7H3IOS2/c1-8(2,3)6-5-11-7(9-4)10-6;8-10-4-3-6-1-2-7(5-9)11-6/h5H,1-4H3,(H,9,10);1-2,5H. The number of thiophene rings is 1. The number of nitrogens with zero attached hydrogens (tertiary/aromatic N) is 1. The van der Waals surface area contributed by atoms with Crippen molar-refractivity contribution in [3.05, 3.63) is 33.0 Å². The first-order chi connectivity index (χ1) is 10.4. The van der Waals surface area contributed by atoms with Crippen LogP contribution in [0.15, 0.2) is 17.5 Å². The molecule has 2 rings (SSSR count). The van der Waals surface area contributed by atoms with E-state index in [0.29, 0.717) is 0 Å². The van der Waals surface area contributed by atoms with Crippen LogP contribution in [-0.2, 0) is 5.41 Å². The van der Waals surface area contributed by atoms with Gasteiger partial charge >= 0.3 is 0 Å². The van der Waals surface area contributed by atoms with Gasteiger partial charge in [0.2, 0.25) is 0 Å². The maximum Gasteiger partial charge on any atom is 0.182 e. The van der Waals surface area contributed by atoms with E-state index in [1.807, 2.05) is 13.1 Å². The van der Waals surface area contributed by atoms with Gasteiger partial charge in [-0.1, -0.05) is 20.8 Å². The van der Waals surface area contributed by atoms with Crippen molar-refractivity contribution >= 4 is 64.2 Å². The van der Waals surface area contributed by atoms with Gasteiger partial charge in [0.15, 0.2) is 11.4 Å². The van der Waals surface area contributed by atoms with E-state index >= 15 is 0 Å². The second-order valence-electron chi connectivity index (χ2n) is 5.16. The molecule has 3 nitrogen and oxygen atoms in total. The van der Waals surface area contributed by atoms with Crippen molar-refractivity contribution in [1.82, 2.24) is 4.98 Å². The SMILES string of the molecule is CNc1nc(C(C)(C)C)cs1.O=Cc1ccc(C#CSI)s1. The van der Waals surface area contributed by atoms with Gasteiger partial charge in [-0.3, -0.25) is 4.79 Å². The molecule has 0 aromatic carbocycles. The molecule has 0 fully saturated rings. The number of hydrogen-bond acceptors (Lipinski definition) is 6. The fourth-order valence-electron chi connectivity index (χ4n) is 1.29. The lowest BCUT2D eigenvalue weighted by molar-refractivity contribution is 0.112. The number of aromatic nitrogens is 1. The molecule has 2 heterocycles. The highest BCUT2D eigenvalue weighted by Gasteiger charge is 2.16. The molecule has 1 N–H and O–H groups in total. The van der Waals surface area contributed by atoms with Crippen LogP contribution < -0.4 is 5.32 Å². The number of aldehydes is 1. The van der Waals surface area contributed by atoms with Crippen LogP contribution in [0, 0.1) is 11.2 Å². The summed E-state index contributed by atoms with van der Waals surface area (Å²) in [7, 11) is 3.33. The Kier molecular flexibility index (Phi) is 8.46. The van der Waals surface area contributed by atoms with Crippen molar-refractivity contribution in [2.45, 2.75) is 26.2 Å². The van der Waals surface area contributed by atoms with Crippen LogP contribution in [0.1, 0.15) is 41.0 Å². The van der Waals surface area contributed by atoms with Gasteiger partial charge < -0.3 is 5.32 Å². The van der Waals surface area contributed by atoms with Crippen molar-refractivity contribution < 1.29 is 4.79 Å². The fourth-order valence-corrected chi connectivity index (χ4v) is 3.40. The van der Waals surface area contributed by atoms with Crippen LogP contribution in [0.3, 0.4) is 0 Å². The van der Waals surface area contributed by atoms with Crippen LogP contribution in [-0.4, -0.2) is 18.3 Å². The van der Waals surface area contributed by atoms with E-state index in [0.717, 1.165) is 26.9 Å². The van der Waals surface area contributed by atoms with Crippen LogP contribution in [0.5, 0.6) is 0 Å². The Bertz CT molecular complexity index is 662. The Labute approximate surface area is 155 Å². The van der Waals surface area contributed by atoms with Crippen molar-refractivity contribution in [1.29, 1.82) is 0 Å². The van der Waals surface area contributed by atoms with E-state index in [1.165, 1.54) is 20.3 Å². The van der Waals surface area contributed by atoms with Crippen molar-refractivity contribution in [2.75, 3.05) is 12.4 Å². The number of nitrogens with one attached hydrogen (secondary N) is 1. The summed E-state index contributed by atoms with van der Waals surface area (Å²) in [6, 6.07) is 3.63. The second-order valence-corrected chi connectivity index (χ2v) is 8.82. The molecule has 0 aliphatic rings. The van der Waals surface area contributed by atoms with Crippen LogP contribution >= 0.6 is 52.8 Å². The van der Waals surface area contributed by atoms with Gasteiger partial charge in [0.1, 0.15) is 0 Å². The molecule has 0 spiro atoms. The topological polar surface area (TPSA) is 42.0 Å². The van der Waals surface area contributed by atoms with Crippen LogP contribution in [0.2, 0.25) is 0 Å². The van der Waals surface area contributed by atoms with Gasteiger partial charge in [0.05, 0.1) is 15.4 Å². The highest BCUT2D eigenvalue weighted by atomic mass is 127. The molecule has 0 unspecified atom stereocenters. The van der Waals surface area contributed by atoms with Gasteiger partial charge in [0.25, 0.3) is 0 Å². The largest absolute Gasteiger partial charge is 0.365 e. The number of rotatable bonds is 2. The minimum atomic E-state index is 0.172. The monoisotopic (exact) mass is 464 g/mol. The summed E-state index contributed by atoms with van der Waals surface area (Å²) < 4.78 is 0. The predicted molar refractivity (Wildman–Crippen MR) is 109 cm³/mol. The maximum atomic E-state index is 10.2. The third kappa shape index (κ3) is 6.69. The van der Waals surface area contributed by atoms with E-state index in [4.69, 9.17) is 0 Å². The van der Waals surface area contributed by atoms with E-state index in [1.54, 1.807) is 17.4 Å². The average Bonchev–Trinajstić information content (AvgIpc) is 3.14. The summed E-state index contributed by atoms with van der Waals surface area (Å²) in [5.41, 5.74) is 1.33. The van der Waals surface area contributed by atoms with Gasteiger partial charge in [-0.15, -0.1) is 22.7 Å². The molecule has 22 heavy (non-hydrogen) atoms. The Morgan fingerprint density at radius 1 is 1.41 bits per heavy atom. The molecule has 0 amide bonds. The highest BCUT2D eigenvalue weighted by Crippen LogP contribution is 2.25. The minimum absolute atomic E-state index is 0.172. The van der Waals surface area contributed by atoms with Crippen LogP contribution in [0.25, 0.3) is 0 Å². The number of anilines is 1. The Hall–Kier alpha value is -0.560. The van der Waals surface area contributed by atoms with E-state index in [9.17, 15) is 4.79 Å². The molecule has 0 atom stereocenters. The first-order valence-corrected chi connectivity index (χ1v) is 11.4. The van der Waals surface area contributed by atoms with Crippen LogP contribution in [0.4, 0.5) is 5.13 Å². The maximum absolute atomic E-state index is 10.2. The summed E-state index contributed by atoms with van der Waals surface area (Å²) in [6.07, 6.45) is 0.840. The molecule has 2 aromatic heterocycles. The highest BCUT2D eigenvalue weighted by molar-refractivity contribution is 14.2. The van der Waals surface area contributed by atoms with E-state index < -0.39 is 0 Å². The Morgan fingerprint density at radius 2 is 2.14 bits per heavy atom. The Morgan fingerprint density at radius 3 is 2.55 bits per heavy atom. The summed E-state index contributed by atoms with van der Waals surface area (Å²) >= 11 is 5.18. The summed E-state index contributed by atoms with van der Waals surface area (Å²) in [6.45, 7) is 6.50. The third-order valence-corrected chi connectivity index (χ3v) is 5.07. The molecule has 7 heteroatoms. The Balaban J connectivity index is 0.000000220. The zero-order chi connectivity index (χ0) is 16.6. The third-order valence-electron chi connectivity index (χ3n) is 2.44. The molecule has 118 valence electrons. The van der Waals surface area contributed by atoms with E-state index in [2.05, 4.69) is 68.8 Å². The molecule has 0 saturated heterocycles. The molecular formula is C15H17IN2OS3. The zero-order valence-electron chi connectivity index (χ0n) is 12.8. The number of halogens is 1. The molecular weight excluding hydrogens is 447 g/mol. The van der Waals surface area contributed by atoms with Gasteiger partial charge in [-0.05, 0) is 32.2 Å². The number of carbonyl (C=O) groups excluding carboxylic acids is 1. The molecule has 0 bridgehead atoms. The summed E-state index contributed by atoms with van der Waals surface area (Å²) in [5.74, 6) is 2.91. The average molecular weight is 464 g/mol. The summed E-state index contributed by atoms with van der Waals surface area (Å²) in [5, 5.41) is 8.97. The van der Waals surface area contributed by atoms with Gasteiger partial charge in [-0.25, -0.2) is 4.98 Å². The molecule has 2 aromatic rings. The first kappa shape index (κ1) is 19.5. The molecule has 0 radical (unpaired) electrons. The lowest BCUT2D eigenvalue weighted by atomic mass is 9.93. The lowest BCUT2D eigenvalue weighted by Gasteiger charge is -2.13.